The van der Waals surface area contributed by atoms with Crippen molar-refractivity contribution >= 4 is 0 Å². The third kappa shape index (κ3) is 2.22. The molecule has 0 unspecified atom stereocenters. The zero-order valence-electron chi connectivity index (χ0n) is 9.28. The van der Waals surface area contributed by atoms with Crippen molar-refractivity contribution in [2.45, 2.75) is 13.0 Å². The Kier molecular flexibility index (Phi) is 3.94. The van der Waals surface area contributed by atoms with Crippen molar-refractivity contribution in [1.82, 2.24) is 0 Å². The molecule has 0 aliphatic heterocycles. The lowest BCUT2D eigenvalue weighted by molar-refractivity contribution is 0.264. The number of aliphatic hydroxyl groups excluding tert-OH is 1. The Labute approximate surface area is 89.6 Å². The van der Waals surface area contributed by atoms with Gasteiger partial charge in [0.2, 0.25) is 0 Å². The maximum Gasteiger partial charge on any atom is 0.130 e. The molecule has 1 atom stereocenters. The topological polar surface area (TPSA) is 64.7 Å². The fraction of sp³-hybridized carbons (Fsp3) is 0.455. The van der Waals surface area contributed by atoms with Gasteiger partial charge in [-0.2, -0.15) is 0 Å². The van der Waals surface area contributed by atoms with E-state index in [2.05, 4.69) is 0 Å². The summed E-state index contributed by atoms with van der Waals surface area (Å²) in [6.45, 7) is 1.79. The second kappa shape index (κ2) is 5.00. The molecule has 1 aromatic rings. The van der Waals surface area contributed by atoms with Crippen molar-refractivity contribution in [2.24, 2.45) is 5.73 Å². The Balaban J connectivity index is 3.24. The Morgan fingerprint density at radius 1 is 1.33 bits per heavy atom. The first-order chi connectivity index (χ1) is 7.15. The van der Waals surface area contributed by atoms with Gasteiger partial charge in [0, 0.05) is 11.1 Å². The van der Waals surface area contributed by atoms with Crippen LogP contribution in [0.1, 0.15) is 17.2 Å². The number of methoxy groups -OCH3 is 2. The zero-order chi connectivity index (χ0) is 11.4. The van der Waals surface area contributed by atoms with Crippen molar-refractivity contribution in [3.05, 3.63) is 23.3 Å². The van der Waals surface area contributed by atoms with Crippen LogP contribution in [0.25, 0.3) is 0 Å². The number of hydrogen-bond acceptors (Lipinski definition) is 4. The Morgan fingerprint density at radius 2 is 2.00 bits per heavy atom. The van der Waals surface area contributed by atoms with Gasteiger partial charge < -0.3 is 20.3 Å². The fourth-order valence-corrected chi connectivity index (χ4v) is 1.58. The van der Waals surface area contributed by atoms with Gasteiger partial charge in [0.15, 0.2) is 0 Å². The van der Waals surface area contributed by atoms with Gasteiger partial charge in [-0.25, -0.2) is 0 Å². The van der Waals surface area contributed by atoms with E-state index in [-0.39, 0.29) is 6.61 Å². The lowest BCUT2D eigenvalue weighted by atomic mass is 10.0. The molecule has 84 valence electrons. The van der Waals surface area contributed by atoms with Crippen LogP contribution in [0.3, 0.4) is 0 Å². The molecule has 4 nitrogen and oxygen atoms in total. The van der Waals surface area contributed by atoms with Gasteiger partial charge in [-0.05, 0) is 19.1 Å². The van der Waals surface area contributed by atoms with Crippen LogP contribution in [-0.2, 0) is 0 Å². The summed E-state index contributed by atoms with van der Waals surface area (Å²) in [4.78, 5) is 0. The minimum absolute atomic E-state index is 0.109. The van der Waals surface area contributed by atoms with Gasteiger partial charge in [-0.3, -0.25) is 0 Å². The third-order valence-electron chi connectivity index (χ3n) is 2.41. The number of ether oxygens (including phenoxy) is 2. The van der Waals surface area contributed by atoms with E-state index in [4.69, 9.17) is 20.3 Å². The molecule has 4 heteroatoms. The molecule has 0 spiro atoms. The highest BCUT2D eigenvalue weighted by Crippen LogP contribution is 2.33. The predicted octanol–water partition coefficient (Wildman–Crippen LogP) is 1.00. The predicted molar refractivity (Wildman–Crippen MR) is 58.3 cm³/mol. The molecular weight excluding hydrogens is 194 g/mol. The van der Waals surface area contributed by atoms with Crippen LogP contribution in [-0.4, -0.2) is 25.9 Å². The monoisotopic (exact) mass is 211 g/mol. The van der Waals surface area contributed by atoms with E-state index in [9.17, 15) is 0 Å². The van der Waals surface area contributed by atoms with E-state index in [1.165, 1.54) is 0 Å². The lowest BCUT2D eigenvalue weighted by Gasteiger charge is -2.17. The van der Waals surface area contributed by atoms with Crippen molar-refractivity contribution in [1.29, 1.82) is 0 Å². The molecule has 1 aromatic carbocycles. The van der Waals surface area contributed by atoms with E-state index in [1.807, 2.05) is 19.1 Å². The molecular formula is C11H17NO3. The smallest absolute Gasteiger partial charge is 0.130 e. The standard InChI is InChI=1S/C11H17NO3/c1-7-10(14-2)5-4-8(9(12)6-13)11(7)15-3/h4-5,9,13H,6,12H2,1-3H3/t9-/m0/s1. The van der Waals surface area contributed by atoms with Crippen molar-refractivity contribution in [3.63, 3.8) is 0 Å². The highest BCUT2D eigenvalue weighted by atomic mass is 16.5. The number of rotatable bonds is 4. The number of nitrogens with two attached hydrogens (primary N) is 1. The molecule has 0 fully saturated rings. The summed E-state index contributed by atoms with van der Waals surface area (Å²) < 4.78 is 10.4. The maximum atomic E-state index is 9.01. The molecule has 0 aromatic heterocycles. The minimum Gasteiger partial charge on any atom is -0.496 e. The average Bonchev–Trinajstić information content (AvgIpc) is 2.27. The SMILES string of the molecule is COc1ccc([C@@H](N)CO)c(OC)c1C. The number of aliphatic hydroxyl groups is 1. The van der Waals surface area contributed by atoms with Gasteiger partial charge in [-0.15, -0.1) is 0 Å². The summed E-state index contributed by atoms with van der Waals surface area (Å²) >= 11 is 0. The highest BCUT2D eigenvalue weighted by molar-refractivity contribution is 5.50. The van der Waals surface area contributed by atoms with Crippen LogP contribution in [0.4, 0.5) is 0 Å². The largest absolute Gasteiger partial charge is 0.496 e. The summed E-state index contributed by atoms with van der Waals surface area (Å²) in [7, 11) is 3.18. The summed E-state index contributed by atoms with van der Waals surface area (Å²) in [5.41, 5.74) is 7.44. The fourth-order valence-electron chi connectivity index (χ4n) is 1.58. The molecule has 1 rings (SSSR count). The molecule has 0 bridgehead atoms. The van der Waals surface area contributed by atoms with Crippen LogP contribution in [0.15, 0.2) is 12.1 Å². The molecule has 3 N–H and O–H groups in total. The molecule has 0 amide bonds. The first-order valence-corrected chi connectivity index (χ1v) is 4.73. The van der Waals surface area contributed by atoms with Crippen molar-refractivity contribution < 1.29 is 14.6 Å². The van der Waals surface area contributed by atoms with E-state index in [1.54, 1.807) is 14.2 Å². The first kappa shape index (κ1) is 11.8. The number of benzene rings is 1. The quantitative estimate of drug-likeness (QED) is 0.780. The second-order valence-electron chi connectivity index (χ2n) is 3.30. The van der Waals surface area contributed by atoms with Crippen LogP contribution in [0.2, 0.25) is 0 Å². The first-order valence-electron chi connectivity index (χ1n) is 4.73. The molecule has 0 aliphatic rings. The summed E-state index contributed by atoms with van der Waals surface area (Å²) in [5.74, 6) is 1.43. The molecule has 0 heterocycles. The van der Waals surface area contributed by atoms with Crippen LogP contribution in [0, 0.1) is 6.92 Å². The van der Waals surface area contributed by atoms with Crippen molar-refractivity contribution in [2.75, 3.05) is 20.8 Å². The summed E-state index contributed by atoms with van der Waals surface area (Å²) in [6, 6.07) is 3.21. The molecule has 0 radical (unpaired) electrons. The van der Waals surface area contributed by atoms with E-state index < -0.39 is 6.04 Å². The van der Waals surface area contributed by atoms with Gasteiger partial charge >= 0.3 is 0 Å². The van der Waals surface area contributed by atoms with Gasteiger partial charge in [0.25, 0.3) is 0 Å². The van der Waals surface area contributed by atoms with E-state index >= 15 is 0 Å². The minimum atomic E-state index is -0.426. The Morgan fingerprint density at radius 3 is 2.47 bits per heavy atom. The summed E-state index contributed by atoms with van der Waals surface area (Å²) in [6.07, 6.45) is 0. The number of hydrogen-bond donors (Lipinski definition) is 2. The van der Waals surface area contributed by atoms with E-state index in [0.717, 1.165) is 16.9 Å². The Hall–Kier alpha value is -1.26. The molecule has 15 heavy (non-hydrogen) atoms. The van der Waals surface area contributed by atoms with Gasteiger partial charge in [0.05, 0.1) is 26.9 Å². The van der Waals surface area contributed by atoms with E-state index in [0.29, 0.717) is 5.75 Å². The molecule has 0 saturated heterocycles. The normalized spacial score (nSPS) is 12.3. The van der Waals surface area contributed by atoms with Gasteiger partial charge in [-0.1, -0.05) is 0 Å². The second-order valence-corrected chi connectivity index (χ2v) is 3.30. The Bertz CT molecular complexity index is 339. The zero-order valence-corrected chi connectivity index (χ0v) is 9.28. The average molecular weight is 211 g/mol. The molecule has 0 saturated carbocycles. The lowest BCUT2D eigenvalue weighted by Crippen LogP contribution is -2.16. The maximum absolute atomic E-state index is 9.01. The molecule has 0 aliphatic carbocycles. The third-order valence-corrected chi connectivity index (χ3v) is 2.41. The van der Waals surface area contributed by atoms with Crippen LogP contribution < -0.4 is 15.2 Å². The highest BCUT2D eigenvalue weighted by Gasteiger charge is 2.15. The van der Waals surface area contributed by atoms with Crippen LogP contribution in [0.5, 0.6) is 11.5 Å². The summed E-state index contributed by atoms with van der Waals surface area (Å²) in [5, 5.41) is 9.01. The van der Waals surface area contributed by atoms with Crippen LogP contribution >= 0.6 is 0 Å². The van der Waals surface area contributed by atoms with Crippen molar-refractivity contribution in [3.8, 4) is 11.5 Å². The van der Waals surface area contributed by atoms with Gasteiger partial charge in [0.1, 0.15) is 11.5 Å².